The van der Waals surface area contributed by atoms with E-state index in [1.54, 1.807) is 13.8 Å². The van der Waals surface area contributed by atoms with E-state index >= 15 is 0 Å². The quantitative estimate of drug-likeness (QED) is 0.178. The minimum atomic E-state index is -0.819. The fourth-order valence-corrected chi connectivity index (χ4v) is 3.83. The fourth-order valence-electron chi connectivity index (χ4n) is 3.83. The van der Waals surface area contributed by atoms with Gasteiger partial charge in [0.2, 0.25) is 0 Å². The van der Waals surface area contributed by atoms with Gasteiger partial charge in [0.1, 0.15) is 5.75 Å². The van der Waals surface area contributed by atoms with E-state index < -0.39 is 22.8 Å². The standard InChI is InChI=1S/C23H34O7/c1-22(2,20(27)28)10-6-3-4-8-15-14-17(24)16(19(26)18(15)25)9-5-7-11-23(12-13-23)21(29)30/h14,24-26H,3-13H2,1-2H3,(H,27,28)(H,29,30). The highest BCUT2D eigenvalue weighted by molar-refractivity contribution is 5.77. The number of carboxylic acids is 2. The van der Waals surface area contributed by atoms with E-state index in [1.807, 2.05) is 0 Å². The lowest BCUT2D eigenvalue weighted by molar-refractivity contribution is -0.147. The monoisotopic (exact) mass is 422 g/mol. The molecule has 0 saturated heterocycles. The summed E-state index contributed by atoms with van der Waals surface area (Å²) in [5.41, 5.74) is -0.576. The van der Waals surface area contributed by atoms with Crippen LogP contribution in [0.3, 0.4) is 0 Å². The minimum absolute atomic E-state index is 0.0633. The number of aliphatic carboxylic acids is 2. The van der Waals surface area contributed by atoms with Crippen molar-refractivity contribution in [3.8, 4) is 17.2 Å². The lowest BCUT2D eigenvalue weighted by atomic mass is 9.87. The van der Waals surface area contributed by atoms with Gasteiger partial charge in [-0.05, 0) is 71.3 Å². The maximum absolute atomic E-state index is 11.2. The van der Waals surface area contributed by atoms with Gasteiger partial charge < -0.3 is 25.5 Å². The number of rotatable bonds is 13. The van der Waals surface area contributed by atoms with Crippen LogP contribution in [-0.4, -0.2) is 37.5 Å². The Balaban J connectivity index is 1.83. The summed E-state index contributed by atoms with van der Waals surface area (Å²) in [7, 11) is 0. The predicted molar refractivity (Wildman–Crippen MR) is 112 cm³/mol. The van der Waals surface area contributed by atoms with E-state index in [0.29, 0.717) is 68.9 Å². The maximum atomic E-state index is 11.2. The van der Waals surface area contributed by atoms with E-state index in [9.17, 15) is 30.0 Å². The van der Waals surface area contributed by atoms with Crippen molar-refractivity contribution in [2.45, 2.75) is 84.5 Å². The van der Waals surface area contributed by atoms with Gasteiger partial charge in [-0.2, -0.15) is 0 Å². The van der Waals surface area contributed by atoms with Gasteiger partial charge in [0.25, 0.3) is 0 Å². The highest BCUT2D eigenvalue weighted by Crippen LogP contribution is 2.50. The van der Waals surface area contributed by atoms with Gasteiger partial charge in [0, 0.05) is 11.1 Å². The molecule has 0 heterocycles. The Kier molecular flexibility index (Phi) is 7.61. The first-order valence-electron chi connectivity index (χ1n) is 10.7. The van der Waals surface area contributed by atoms with Gasteiger partial charge in [-0.3, -0.25) is 9.59 Å². The molecule has 7 heteroatoms. The van der Waals surface area contributed by atoms with Gasteiger partial charge in [-0.1, -0.05) is 19.3 Å². The molecule has 30 heavy (non-hydrogen) atoms. The number of benzene rings is 1. The third kappa shape index (κ3) is 5.80. The molecule has 0 aromatic heterocycles. The number of phenols is 3. The van der Waals surface area contributed by atoms with Crippen LogP contribution in [0, 0.1) is 10.8 Å². The molecule has 2 rings (SSSR count). The van der Waals surface area contributed by atoms with Crippen molar-refractivity contribution in [3.63, 3.8) is 0 Å². The summed E-state index contributed by atoms with van der Waals surface area (Å²) in [6.45, 7) is 3.39. The molecule has 0 atom stereocenters. The van der Waals surface area contributed by atoms with Crippen LogP contribution >= 0.6 is 0 Å². The molecule has 0 amide bonds. The molecule has 1 aliphatic rings. The van der Waals surface area contributed by atoms with Crippen molar-refractivity contribution in [1.29, 1.82) is 0 Å². The molecule has 0 unspecified atom stereocenters. The molecule has 1 aromatic carbocycles. The molecule has 1 fully saturated rings. The van der Waals surface area contributed by atoms with Gasteiger partial charge in [-0.15, -0.1) is 0 Å². The molecule has 0 radical (unpaired) electrons. The summed E-state index contributed by atoms with van der Waals surface area (Å²) >= 11 is 0. The van der Waals surface area contributed by atoms with Crippen LogP contribution in [0.5, 0.6) is 17.2 Å². The third-order valence-corrected chi connectivity index (χ3v) is 6.40. The smallest absolute Gasteiger partial charge is 0.309 e. The van der Waals surface area contributed by atoms with Gasteiger partial charge in [-0.25, -0.2) is 0 Å². The number of aryl methyl sites for hydroxylation is 1. The molecule has 1 aliphatic carbocycles. The zero-order valence-electron chi connectivity index (χ0n) is 17.9. The van der Waals surface area contributed by atoms with Crippen molar-refractivity contribution in [2.75, 3.05) is 0 Å². The Hall–Kier alpha value is -2.44. The Morgan fingerprint density at radius 2 is 1.57 bits per heavy atom. The van der Waals surface area contributed by atoms with E-state index in [4.69, 9.17) is 5.11 Å². The predicted octanol–water partition coefficient (Wildman–Crippen LogP) is 4.59. The molecule has 1 aromatic rings. The van der Waals surface area contributed by atoms with Gasteiger partial charge in [0.05, 0.1) is 10.8 Å². The number of carboxylic acid groups (broad SMARTS) is 2. The average molecular weight is 423 g/mol. The molecule has 168 valence electrons. The first-order valence-corrected chi connectivity index (χ1v) is 10.7. The van der Waals surface area contributed by atoms with Crippen molar-refractivity contribution < 1.29 is 35.1 Å². The largest absolute Gasteiger partial charge is 0.508 e. The summed E-state index contributed by atoms with van der Waals surface area (Å²) < 4.78 is 0. The Bertz CT molecular complexity index is 778. The van der Waals surface area contributed by atoms with Crippen LogP contribution in [0.15, 0.2) is 6.07 Å². The van der Waals surface area contributed by atoms with Crippen molar-refractivity contribution in [3.05, 3.63) is 17.2 Å². The Morgan fingerprint density at radius 3 is 2.13 bits per heavy atom. The lowest BCUT2D eigenvalue weighted by Crippen LogP contribution is -2.23. The fraction of sp³-hybridized carbons (Fsp3) is 0.652. The minimum Gasteiger partial charge on any atom is -0.508 e. The van der Waals surface area contributed by atoms with Crippen molar-refractivity contribution in [1.82, 2.24) is 0 Å². The molecule has 1 saturated carbocycles. The molecule has 5 N–H and O–H groups in total. The molecule has 7 nitrogen and oxygen atoms in total. The second kappa shape index (κ2) is 9.58. The lowest BCUT2D eigenvalue weighted by Gasteiger charge is -2.18. The number of hydrogen-bond acceptors (Lipinski definition) is 5. The Morgan fingerprint density at radius 1 is 0.933 bits per heavy atom. The van der Waals surface area contributed by atoms with Crippen LogP contribution in [0.4, 0.5) is 0 Å². The second-order valence-electron chi connectivity index (χ2n) is 9.27. The highest BCUT2D eigenvalue weighted by atomic mass is 16.4. The summed E-state index contributed by atoms with van der Waals surface area (Å²) in [5, 5.41) is 49.3. The van der Waals surface area contributed by atoms with E-state index in [0.717, 1.165) is 12.8 Å². The number of phenolic OH excluding ortho intramolecular Hbond substituents is 3. The van der Waals surface area contributed by atoms with Crippen LogP contribution < -0.4 is 0 Å². The number of hydrogen-bond donors (Lipinski definition) is 5. The van der Waals surface area contributed by atoms with E-state index in [-0.39, 0.29) is 17.2 Å². The second-order valence-corrected chi connectivity index (χ2v) is 9.27. The molecule has 0 bridgehead atoms. The highest BCUT2D eigenvalue weighted by Gasteiger charge is 2.49. The summed E-state index contributed by atoms with van der Waals surface area (Å²) in [4.78, 5) is 22.3. The first kappa shape index (κ1) is 23.8. The number of aromatic hydroxyl groups is 3. The average Bonchev–Trinajstić information content (AvgIpc) is 3.45. The van der Waals surface area contributed by atoms with Gasteiger partial charge >= 0.3 is 11.9 Å². The van der Waals surface area contributed by atoms with Crippen LogP contribution in [0.1, 0.15) is 82.8 Å². The summed E-state index contributed by atoms with van der Waals surface area (Å²) in [6, 6.07) is 1.48. The Labute approximate surface area is 177 Å². The van der Waals surface area contributed by atoms with Crippen molar-refractivity contribution >= 4 is 11.9 Å². The molecular weight excluding hydrogens is 388 g/mol. The topological polar surface area (TPSA) is 135 Å². The van der Waals surface area contributed by atoms with Gasteiger partial charge in [0.15, 0.2) is 11.5 Å². The summed E-state index contributed by atoms with van der Waals surface area (Å²) in [5.74, 6) is -2.16. The molecular formula is C23H34O7. The van der Waals surface area contributed by atoms with E-state index in [1.165, 1.54) is 6.07 Å². The zero-order valence-corrected chi connectivity index (χ0v) is 17.9. The van der Waals surface area contributed by atoms with E-state index in [2.05, 4.69) is 0 Å². The first-order chi connectivity index (χ1) is 14.0. The van der Waals surface area contributed by atoms with Crippen LogP contribution in [-0.2, 0) is 22.4 Å². The molecule has 0 aliphatic heterocycles. The SMILES string of the molecule is CC(C)(CCCCCc1cc(O)c(CCCCC2(C(=O)O)CC2)c(O)c1O)C(=O)O. The normalized spacial score (nSPS) is 15.1. The third-order valence-electron chi connectivity index (χ3n) is 6.40. The number of unbranched alkanes of at least 4 members (excludes halogenated alkanes) is 3. The zero-order chi connectivity index (χ0) is 22.5. The molecule has 0 spiro atoms. The number of carbonyl (C=O) groups is 2. The van der Waals surface area contributed by atoms with Crippen molar-refractivity contribution in [2.24, 2.45) is 10.8 Å². The van der Waals surface area contributed by atoms with Crippen LogP contribution in [0.2, 0.25) is 0 Å². The summed E-state index contributed by atoms with van der Waals surface area (Å²) in [6.07, 6.45) is 6.95. The maximum Gasteiger partial charge on any atom is 0.309 e. The van der Waals surface area contributed by atoms with Crippen LogP contribution in [0.25, 0.3) is 0 Å².